The number of hydrogen-bond acceptors (Lipinski definition) is 1. The predicted octanol–water partition coefficient (Wildman–Crippen LogP) is 5.33. The van der Waals surface area contributed by atoms with Crippen LogP contribution < -0.4 is 28.5 Å². The third kappa shape index (κ3) is 7.75. The number of aromatic nitrogens is 1. The Morgan fingerprint density at radius 1 is 0.903 bits per heavy atom. The fraction of sp³-hybridized carbons (Fsp3) is 0.444. The summed E-state index contributed by atoms with van der Waals surface area (Å²) in [6, 6.07) is 19.8. The summed E-state index contributed by atoms with van der Waals surface area (Å²) in [7, 11) is 0. The van der Waals surface area contributed by atoms with Crippen LogP contribution >= 0.6 is 27.7 Å². The van der Waals surface area contributed by atoms with Crippen molar-refractivity contribution in [3.63, 3.8) is 0 Å². The van der Waals surface area contributed by atoms with Gasteiger partial charge in [-0.3, -0.25) is 0 Å². The molecule has 0 N–H and O–H groups in total. The summed E-state index contributed by atoms with van der Waals surface area (Å²) < 4.78 is 3.63. The van der Waals surface area contributed by atoms with Crippen LogP contribution in [0.15, 0.2) is 70.2 Å². The van der Waals surface area contributed by atoms with Crippen molar-refractivity contribution in [3.8, 4) is 0 Å². The molecule has 3 aromatic rings. The zero-order chi connectivity index (χ0) is 20.6. The molecule has 166 valence electrons. The first-order valence-electron chi connectivity index (χ1n) is 11.6. The number of rotatable bonds is 9. The smallest absolute Gasteiger partial charge is 0.212 e. The van der Waals surface area contributed by atoms with Gasteiger partial charge < -0.3 is 24.0 Å². The molecule has 0 amide bonds. The van der Waals surface area contributed by atoms with Crippen molar-refractivity contribution < 1.29 is 28.5 Å². The number of para-hydroxylation sites is 1. The molecule has 31 heavy (non-hydrogen) atoms. The highest BCUT2D eigenvalue weighted by atomic mass is 127. The Bertz CT molecular complexity index is 938. The molecule has 4 heteroatoms. The second-order valence-corrected chi connectivity index (χ2v) is 10.7. The number of fused-ring (bicyclic) bond motifs is 1. The van der Waals surface area contributed by atoms with E-state index in [4.69, 9.17) is 0 Å². The first-order chi connectivity index (χ1) is 14.8. The van der Waals surface area contributed by atoms with Crippen molar-refractivity contribution in [2.75, 3.05) is 0 Å². The molecular weight excluding hydrogens is 577 g/mol. The Hall–Kier alpha value is -0.590. The lowest BCUT2D eigenvalue weighted by molar-refractivity contribution is -0.673. The summed E-state index contributed by atoms with van der Waals surface area (Å²) >= 11 is 5.46. The van der Waals surface area contributed by atoms with Gasteiger partial charge in [0.05, 0.1) is 4.90 Å². The maximum absolute atomic E-state index is 3.53. The van der Waals surface area contributed by atoms with Crippen LogP contribution in [0.25, 0.3) is 10.9 Å². The number of halogens is 2. The first-order valence-corrected chi connectivity index (χ1v) is 13.4. The summed E-state index contributed by atoms with van der Waals surface area (Å²) in [5, 5.41) is 1.35. The van der Waals surface area contributed by atoms with Gasteiger partial charge in [0.2, 0.25) is 5.52 Å². The number of nitrogens with zero attached hydrogens (tertiary/aromatic N) is 1. The number of benzene rings is 2. The molecule has 4 rings (SSSR count). The van der Waals surface area contributed by atoms with Crippen molar-refractivity contribution in [1.29, 1.82) is 0 Å². The number of unbranched alkanes of at least 4 members (excludes halogenated alkanes) is 2. The van der Waals surface area contributed by atoms with Gasteiger partial charge in [-0.2, -0.15) is 4.57 Å². The summed E-state index contributed by atoms with van der Waals surface area (Å²) in [5.74, 6) is 2.03. The van der Waals surface area contributed by atoms with E-state index in [1.165, 1.54) is 79.1 Å². The highest BCUT2D eigenvalue weighted by Crippen LogP contribution is 2.28. The number of hydrogen-bond donors (Lipinski definition) is 0. The van der Waals surface area contributed by atoms with Gasteiger partial charge in [-0.25, -0.2) is 0 Å². The van der Waals surface area contributed by atoms with Crippen LogP contribution in [0, 0.1) is 5.92 Å². The second-order valence-electron chi connectivity index (χ2n) is 8.70. The number of thioether (sulfide) groups is 1. The lowest BCUT2D eigenvalue weighted by Crippen LogP contribution is -3.00. The van der Waals surface area contributed by atoms with E-state index in [1.807, 2.05) is 11.8 Å². The molecule has 0 atom stereocenters. The lowest BCUT2D eigenvalue weighted by atomic mass is 9.85. The first kappa shape index (κ1) is 25.0. The minimum absolute atomic E-state index is 0. The molecule has 0 unspecified atom stereocenters. The topological polar surface area (TPSA) is 3.88 Å². The molecule has 1 fully saturated rings. The maximum atomic E-state index is 3.53. The van der Waals surface area contributed by atoms with Crippen LogP contribution in [0.4, 0.5) is 0 Å². The summed E-state index contributed by atoms with van der Waals surface area (Å²) in [6.45, 7) is 1.12. The molecule has 0 aliphatic heterocycles. The zero-order valence-corrected chi connectivity index (χ0v) is 22.8. The molecule has 0 saturated heterocycles. The monoisotopic (exact) mass is 609 g/mol. The highest BCUT2D eigenvalue weighted by Gasteiger charge is 2.14. The summed E-state index contributed by atoms with van der Waals surface area (Å²) in [6.07, 6.45) is 15.2. The third-order valence-corrected chi connectivity index (χ3v) is 7.94. The fourth-order valence-corrected chi connectivity index (χ4v) is 5.87. The summed E-state index contributed by atoms with van der Waals surface area (Å²) in [5.41, 5.74) is 2.73. The molecule has 0 radical (unpaired) electrons. The lowest BCUT2D eigenvalue weighted by Gasteiger charge is -2.21. The maximum Gasteiger partial charge on any atom is 0.212 e. The Labute approximate surface area is 217 Å². The normalized spacial score (nSPS) is 14.5. The van der Waals surface area contributed by atoms with Crippen LogP contribution in [0.3, 0.4) is 0 Å². The molecule has 1 saturated carbocycles. The number of pyridine rings is 1. The van der Waals surface area contributed by atoms with Crippen molar-refractivity contribution >= 4 is 38.6 Å². The highest BCUT2D eigenvalue weighted by molar-refractivity contribution is 9.10. The van der Waals surface area contributed by atoms with Crippen LogP contribution in [0.5, 0.6) is 0 Å². The van der Waals surface area contributed by atoms with E-state index < -0.39 is 0 Å². The molecule has 0 bridgehead atoms. The van der Waals surface area contributed by atoms with E-state index in [-0.39, 0.29) is 24.0 Å². The van der Waals surface area contributed by atoms with Crippen molar-refractivity contribution in [1.82, 2.24) is 0 Å². The Kier molecular flexibility index (Phi) is 10.7. The minimum atomic E-state index is 0. The number of aryl methyl sites for hydroxylation is 1. The van der Waals surface area contributed by atoms with Gasteiger partial charge in [0.1, 0.15) is 6.54 Å². The van der Waals surface area contributed by atoms with Crippen molar-refractivity contribution in [3.05, 3.63) is 70.8 Å². The average Bonchev–Trinajstić information content (AvgIpc) is 2.79. The Morgan fingerprint density at radius 2 is 1.68 bits per heavy atom. The largest absolute Gasteiger partial charge is 1.00 e. The van der Waals surface area contributed by atoms with E-state index in [0.717, 1.165) is 22.7 Å². The Balaban J connectivity index is 0.00000272. The van der Waals surface area contributed by atoms with Gasteiger partial charge in [0.25, 0.3) is 0 Å². The van der Waals surface area contributed by atoms with Crippen LogP contribution in [0.2, 0.25) is 0 Å². The summed E-state index contributed by atoms with van der Waals surface area (Å²) in [4.78, 5) is 1.36. The van der Waals surface area contributed by atoms with E-state index >= 15 is 0 Å². The average molecular weight is 610 g/mol. The van der Waals surface area contributed by atoms with Gasteiger partial charge >= 0.3 is 0 Å². The van der Waals surface area contributed by atoms with Crippen molar-refractivity contribution in [2.24, 2.45) is 5.92 Å². The SMILES string of the molecule is Brc1ccc(CSc2cc3ccccc3[n+](CCCCCC3CCCCC3)c2)cc1.[I-]. The fourth-order valence-electron chi connectivity index (χ4n) is 4.66. The molecular formula is C27H33BrINS. The minimum Gasteiger partial charge on any atom is -1.00 e. The molecule has 2 aromatic carbocycles. The van der Waals surface area contributed by atoms with E-state index in [9.17, 15) is 0 Å². The molecule has 1 aromatic heterocycles. The third-order valence-electron chi connectivity index (χ3n) is 6.38. The Morgan fingerprint density at radius 3 is 2.48 bits per heavy atom. The van der Waals surface area contributed by atoms with E-state index in [1.54, 1.807) is 0 Å². The van der Waals surface area contributed by atoms with Crippen molar-refractivity contribution in [2.45, 2.75) is 75.0 Å². The van der Waals surface area contributed by atoms with Gasteiger partial charge in [-0.15, -0.1) is 11.8 Å². The second kappa shape index (κ2) is 13.2. The van der Waals surface area contributed by atoms with E-state index in [0.29, 0.717) is 0 Å². The van der Waals surface area contributed by atoms with Gasteiger partial charge in [0, 0.05) is 28.1 Å². The standard InChI is InChI=1S/C27H33BrNS.HI/c28-25-16-14-23(15-17-25)21-30-26-19-24-12-6-7-13-27(24)29(20-26)18-8-2-5-11-22-9-3-1-4-10-22;/h6-7,12-17,19-20,22H,1-5,8-11,18,21H2;1H/q+1;/p-1. The molecule has 1 aliphatic rings. The van der Waals surface area contributed by atoms with Gasteiger partial charge in [-0.1, -0.05) is 85.1 Å². The quantitative estimate of drug-likeness (QED) is 0.137. The van der Waals surface area contributed by atoms with Gasteiger partial charge in [-0.05, 0) is 42.2 Å². The van der Waals surface area contributed by atoms with Crippen LogP contribution in [0.1, 0.15) is 63.4 Å². The van der Waals surface area contributed by atoms with E-state index in [2.05, 4.69) is 81.3 Å². The zero-order valence-electron chi connectivity index (χ0n) is 18.2. The van der Waals surface area contributed by atoms with Crippen LogP contribution in [-0.4, -0.2) is 0 Å². The van der Waals surface area contributed by atoms with Crippen LogP contribution in [-0.2, 0) is 12.3 Å². The predicted molar refractivity (Wildman–Crippen MR) is 133 cm³/mol. The molecule has 1 aliphatic carbocycles. The molecule has 0 spiro atoms. The molecule has 1 nitrogen and oxygen atoms in total. The van der Waals surface area contributed by atoms with Gasteiger partial charge in [0.15, 0.2) is 6.20 Å². The molecule has 1 heterocycles.